The third-order valence-corrected chi connectivity index (χ3v) is 7.74. The molecule has 0 aromatic carbocycles. The van der Waals surface area contributed by atoms with E-state index in [1.807, 2.05) is 63.1 Å². The lowest BCUT2D eigenvalue weighted by Gasteiger charge is -2.35. The van der Waals surface area contributed by atoms with Crippen molar-refractivity contribution in [2.24, 2.45) is 0 Å². The van der Waals surface area contributed by atoms with E-state index in [0.29, 0.717) is 5.56 Å². The van der Waals surface area contributed by atoms with Crippen LogP contribution in [0.2, 0.25) is 0 Å². The fourth-order valence-electron chi connectivity index (χ4n) is 4.80. The van der Waals surface area contributed by atoms with Crippen molar-refractivity contribution in [1.29, 1.82) is 5.26 Å². The molecular formula is C28H31N7O2S. The van der Waals surface area contributed by atoms with Gasteiger partial charge in [0.25, 0.3) is 0 Å². The summed E-state index contributed by atoms with van der Waals surface area (Å²) >= 11 is 1.51. The molecule has 1 amide bonds. The van der Waals surface area contributed by atoms with E-state index >= 15 is 0 Å². The summed E-state index contributed by atoms with van der Waals surface area (Å²) in [6.07, 6.45) is 12.6. The van der Waals surface area contributed by atoms with Crippen molar-refractivity contribution in [2.45, 2.75) is 74.1 Å². The molecule has 0 saturated heterocycles. The van der Waals surface area contributed by atoms with E-state index in [1.165, 1.54) is 11.8 Å². The highest BCUT2D eigenvalue weighted by atomic mass is 32.2. The molecule has 0 N–H and O–H groups in total. The number of fused-ring (bicyclic) bond motifs is 1. The van der Waals surface area contributed by atoms with Crippen LogP contribution in [0.25, 0.3) is 16.6 Å². The van der Waals surface area contributed by atoms with Gasteiger partial charge in [0, 0.05) is 47.7 Å². The number of nitriles is 1. The van der Waals surface area contributed by atoms with Crippen molar-refractivity contribution < 1.29 is 9.53 Å². The van der Waals surface area contributed by atoms with E-state index < -0.39 is 5.60 Å². The number of rotatable bonds is 5. The summed E-state index contributed by atoms with van der Waals surface area (Å²) in [5.41, 5.74) is 2.75. The Kier molecular flexibility index (Phi) is 7.13. The maximum atomic E-state index is 12.5. The highest BCUT2D eigenvalue weighted by molar-refractivity contribution is 7.99. The molecule has 4 heterocycles. The minimum atomic E-state index is -0.501. The minimum absolute atomic E-state index is 0.166. The van der Waals surface area contributed by atoms with Crippen molar-refractivity contribution in [3.8, 4) is 17.2 Å². The summed E-state index contributed by atoms with van der Waals surface area (Å²) in [6.45, 7) is 5.66. The number of hydrogen-bond acceptors (Lipinski definition) is 7. The zero-order valence-electron chi connectivity index (χ0n) is 22.0. The lowest BCUT2D eigenvalue weighted by atomic mass is 9.90. The van der Waals surface area contributed by atoms with Crippen molar-refractivity contribution in [3.05, 3.63) is 60.8 Å². The number of amides is 1. The van der Waals surface area contributed by atoms with E-state index in [4.69, 9.17) is 9.84 Å². The van der Waals surface area contributed by atoms with Gasteiger partial charge in [0.05, 0.1) is 29.5 Å². The van der Waals surface area contributed by atoms with Crippen molar-refractivity contribution >= 4 is 23.4 Å². The van der Waals surface area contributed by atoms with Crippen LogP contribution >= 0.6 is 11.8 Å². The average Bonchev–Trinajstić information content (AvgIpc) is 3.56. The molecule has 196 valence electrons. The third kappa shape index (κ3) is 5.53. The Morgan fingerprint density at radius 2 is 1.92 bits per heavy atom. The smallest absolute Gasteiger partial charge is 0.410 e. The lowest BCUT2D eigenvalue weighted by Crippen LogP contribution is -2.42. The fourth-order valence-corrected chi connectivity index (χ4v) is 5.77. The van der Waals surface area contributed by atoms with Crippen LogP contribution in [0, 0.1) is 11.3 Å². The van der Waals surface area contributed by atoms with Gasteiger partial charge in [-0.05, 0) is 64.7 Å². The molecule has 9 nitrogen and oxygen atoms in total. The Hall–Kier alpha value is -3.84. The summed E-state index contributed by atoms with van der Waals surface area (Å²) < 4.78 is 9.34. The highest BCUT2D eigenvalue weighted by Crippen LogP contribution is 2.36. The van der Waals surface area contributed by atoms with Gasteiger partial charge in [0.15, 0.2) is 0 Å². The van der Waals surface area contributed by atoms with Gasteiger partial charge < -0.3 is 9.64 Å². The molecule has 0 spiro atoms. The van der Waals surface area contributed by atoms with Crippen LogP contribution < -0.4 is 0 Å². The first-order valence-corrected chi connectivity index (χ1v) is 13.5. The topological polar surface area (TPSA) is 101 Å². The summed E-state index contributed by atoms with van der Waals surface area (Å²) in [7, 11) is 1.83. The predicted molar refractivity (Wildman–Crippen MR) is 145 cm³/mol. The first kappa shape index (κ1) is 25.8. The first-order chi connectivity index (χ1) is 18.2. The molecule has 5 rings (SSSR count). The lowest BCUT2D eigenvalue weighted by molar-refractivity contribution is 0.0173. The van der Waals surface area contributed by atoms with Gasteiger partial charge in [-0.3, -0.25) is 4.68 Å². The van der Waals surface area contributed by atoms with Crippen LogP contribution in [-0.2, 0) is 4.74 Å². The van der Waals surface area contributed by atoms with E-state index in [9.17, 15) is 10.1 Å². The fraction of sp³-hybridized carbons (Fsp3) is 0.393. The number of ether oxygens (including phenoxy) is 1. The van der Waals surface area contributed by atoms with E-state index in [-0.39, 0.29) is 18.2 Å². The molecule has 0 unspecified atom stereocenters. The second-order valence-electron chi connectivity index (χ2n) is 10.6. The minimum Gasteiger partial charge on any atom is -0.444 e. The normalized spacial score (nSPS) is 17.8. The zero-order chi connectivity index (χ0) is 26.9. The maximum absolute atomic E-state index is 12.5. The molecule has 0 atom stereocenters. The molecule has 0 aliphatic heterocycles. The maximum Gasteiger partial charge on any atom is 0.410 e. The molecule has 4 aromatic heterocycles. The van der Waals surface area contributed by atoms with Crippen molar-refractivity contribution in [2.75, 3.05) is 7.05 Å². The van der Waals surface area contributed by atoms with Crippen LogP contribution in [0.1, 0.15) is 58.1 Å². The molecule has 4 aromatic rings. The SMILES string of the molecule is CN(C(=O)OC(C)(C)C)C1CCC(n2cc(-c3cc(Sc4ccccn4)c4c(C#N)cnn4c3)cn2)CC1. The Morgan fingerprint density at radius 3 is 2.61 bits per heavy atom. The van der Waals surface area contributed by atoms with E-state index in [1.54, 1.807) is 21.8 Å². The molecule has 1 saturated carbocycles. The van der Waals surface area contributed by atoms with Crippen LogP contribution in [0.4, 0.5) is 4.79 Å². The Balaban J connectivity index is 1.33. The standard InChI is InChI=1S/C28H31N7O2S/c1-28(2,3)37-27(36)33(4)22-8-10-23(11-9-22)34-18-21(16-31-34)19-13-24(38-25-7-5-6-12-30-25)26-20(14-29)15-32-35(26)17-19/h5-7,12-13,15-18,22-23H,8-11H2,1-4H3. The van der Waals surface area contributed by atoms with Crippen molar-refractivity contribution in [3.63, 3.8) is 0 Å². The molecular weight excluding hydrogens is 498 g/mol. The van der Waals surface area contributed by atoms with Gasteiger partial charge in [-0.2, -0.15) is 15.5 Å². The number of pyridine rings is 2. The molecule has 0 bridgehead atoms. The molecule has 1 aliphatic carbocycles. The second-order valence-corrected chi connectivity index (χ2v) is 11.7. The number of carbonyl (C=O) groups is 1. The highest BCUT2D eigenvalue weighted by Gasteiger charge is 2.30. The van der Waals surface area contributed by atoms with Crippen LogP contribution in [0.5, 0.6) is 0 Å². The van der Waals surface area contributed by atoms with Gasteiger partial charge in [0.1, 0.15) is 16.7 Å². The Labute approximate surface area is 226 Å². The van der Waals surface area contributed by atoms with E-state index in [2.05, 4.69) is 28.4 Å². The van der Waals surface area contributed by atoms with Crippen LogP contribution in [0.15, 0.2) is 65.2 Å². The van der Waals surface area contributed by atoms with E-state index in [0.717, 1.165) is 52.2 Å². The van der Waals surface area contributed by atoms with Gasteiger partial charge in [-0.25, -0.2) is 14.3 Å². The number of aromatic nitrogens is 5. The quantitative estimate of drug-likeness (QED) is 0.314. The summed E-state index contributed by atoms with van der Waals surface area (Å²) in [5, 5.41) is 19.6. The van der Waals surface area contributed by atoms with Crippen LogP contribution in [0.3, 0.4) is 0 Å². The third-order valence-electron chi connectivity index (χ3n) is 6.75. The van der Waals surface area contributed by atoms with Gasteiger partial charge in [-0.15, -0.1) is 0 Å². The largest absolute Gasteiger partial charge is 0.444 e. The first-order valence-electron chi connectivity index (χ1n) is 12.7. The van der Waals surface area contributed by atoms with Gasteiger partial charge in [0.2, 0.25) is 0 Å². The van der Waals surface area contributed by atoms with Crippen molar-refractivity contribution in [1.82, 2.24) is 29.3 Å². The second kappa shape index (κ2) is 10.5. The molecule has 38 heavy (non-hydrogen) atoms. The van der Waals surface area contributed by atoms with Crippen LogP contribution in [-0.4, -0.2) is 54.1 Å². The molecule has 1 fully saturated rings. The number of carbonyl (C=O) groups excluding carboxylic acids is 1. The predicted octanol–water partition coefficient (Wildman–Crippen LogP) is 5.97. The Morgan fingerprint density at radius 1 is 1.13 bits per heavy atom. The summed E-state index contributed by atoms with van der Waals surface area (Å²) in [6, 6.07) is 10.5. The average molecular weight is 530 g/mol. The summed E-state index contributed by atoms with van der Waals surface area (Å²) in [5.74, 6) is 0. The molecule has 10 heteroatoms. The Bertz CT molecular complexity index is 1470. The number of nitrogens with zero attached hydrogens (tertiary/aromatic N) is 7. The molecule has 0 radical (unpaired) electrons. The monoisotopic (exact) mass is 529 g/mol. The zero-order valence-corrected chi connectivity index (χ0v) is 22.9. The summed E-state index contributed by atoms with van der Waals surface area (Å²) in [4.78, 5) is 19.6. The number of hydrogen-bond donors (Lipinski definition) is 0. The van der Waals surface area contributed by atoms with Gasteiger partial charge in [-0.1, -0.05) is 17.8 Å². The van der Waals surface area contributed by atoms with Gasteiger partial charge >= 0.3 is 6.09 Å². The molecule has 1 aliphatic rings.